The molecule has 152 valence electrons. The van der Waals surface area contributed by atoms with Gasteiger partial charge in [-0.25, -0.2) is 9.77 Å². The summed E-state index contributed by atoms with van der Waals surface area (Å²) >= 11 is 0. The van der Waals surface area contributed by atoms with Gasteiger partial charge in [-0.05, 0) is 29.8 Å². The molecule has 0 saturated heterocycles. The highest BCUT2D eigenvalue weighted by molar-refractivity contribution is 7.65. The fourth-order valence-electron chi connectivity index (χ4n) is 3.64. The Labute approximate surface area is 179 Å². The van der Waals surface area contributed by atoms with Crippen molar-refractivity contribution < 1.29 is 9.09 Å². The Morgan fingerprint density at radius 2 is 1.84 bits per heavy atom. The van der Waals surface area contributed by atoms with E-state index in [0.29, 0.717) is 28.9 Å². The predicted molar refractivity (Wildman–Crippen MR) is 117 cm³/mol. The Hall–Kier alpha value is -3.72. The molecule has 31 heavy (non-hydrogen) atoms. The van der Waals surface area contributed by atoms with Crippen molar-refractivity contribution in [3.05, 3.63) is 95.8 Å². The predicted octanol–water partition coefficient (Wildman–Crippen LogP) is 3.87. The summed E-state index contributed by atoms with van der Waals surface area (Å²) in [6, 6.07) is 24.7. The summed E-state index contributed by atoms with van der Waals surface area (Å²) in [6.45, 7) is 0.735. The van der Waals surface area contributed by atoms with E-state index >= 15 is 0 Å². The topological polar surface area (TPSA) is 92.8 Å². The van der Waals surface area contributed by atoms with Crippen LogP contribution in [-0.4, -0.2) is 15.0 Å². The highest BCUT2D eigenvalue weighted by atomic mass is 31.2. The molecular weight excluding hydrogens is 409 g/mol. The molecule has 0 bridgehead atoms. The SMILES string of the molecule is N#Cc1cccc(Cn2cc(CNP3(=O)Oc4ccccc4-c4ccccc43)nn2)c1. The van der Waals surface area contributed by atoms with Gasteiger partial charge in [0.15, 0.2) is 0 Å². The van der Waals surface area contributed by atoms with Gasteiger partial charge in [0.25, 0.3) is 0 Å². The first kappa shape index (κ1) is 19.3. The minimum absolute atomic E-state index is 0.242. The lowest BCUT2D eigenvalue weighted by atomic mass is 10.0. The molecule has 1 aliphatic heterocycles. The van der Waals surface area contributed by atoms with E-state index in [1.165, 1.54) is 0 Å². The first-order valence-corrected chi connectivity index (χ1v) is 11.4. The summed E-state index contributed by atoms with van der Waals surface area (Å²) < 4.78 is 21.4. The van der Waals surface area contributed by atoms with Crippen molar-refractivity contribution in [1.82, 2.24) is 20.1 Å². The molecule has 2 heterocycles. The van der Waals surface area contributed by atoms with Gasteiger partial charge >= 0.3 is 7.52 Å². The maximum atomic E-state index is 13.7. The number of benzene rings is 3. The molecule has 0 radical (unpaired) electrons. The highest BCUT2D eigenvalue weighted by Crippen LogP contribution is 2.51. The molecule has 0 spiro atoms. The Morgan fingerprint density at radius 3 is 2.71 bits per heavy atom. The molecule has 1 aromatic heterocycles. The third-order valence-electron chi connectivity index (χ3n) is 5.08. The average Bonchev–Trinajstić information content (AvgIpc) is 3.25. The zero-order valence-electron chi connectivity index (χ0n) is 16.5. The van der Waals surface area contributed by atoms with Gasteiger partial charge in [0.2, 0.25) is 0 Å². The Kier molecular flexibility index (Phi) is 4.87. The molecule has 0 aliphatic carbocycles. The van der Waals surface area contributed by atoms with Crippen LogP contribution in [0.5, 0.6) is 5.75 Å². The minimum atomic E-state index is -3.33. The molecule has 4 aromatic rings. The van der Waals surface area contributed by atoms with E-state index in [1.54, 1.807) is 16.9 Å². The monoisotopic (exact) mass is 427 g/mol. The maximum absolute atomic E-state index is 13.7. The van der Waals surface area contributed by atoms with E-state index in [9.17, 15) is 4.57 Å². The summed E-state index contributed by atoms with van der Waals surface area (Å²) in [4.78, 5) is 0. The molecule has 8 heteroatoms. The molecule has 1 aliphatic rings. The van der Waals surface area contributed by atoms with Crippen LogP contribution in [0.15, 0.2) is 79.0 Å². The van der Waals surface area contributed by atoms with E-state index in [0.717, 1.165) is 16.7 Å². The zero-order chi connectivity index (χ0) is 21.3. The molecule has 7 nitrogen and oxygen atoms in total. The Balaban J connectivity index is 1.35. The lowest BCUT2D eigenvalue weighted by molar-refractivity contribution is 0.476. The molecule has 1 atom stereocenters. The van der Waals surface area contributed by atoms with Crippen molar-refractivity contribution in [2.45, 2.75) is 13.1 Å². The van der Waals surface area contributed by atoms with Crippen LogP contribution in [0.4, 0.5) is 0 Å². The second kappa shape index (κ2) is 7.84. The van der Waals surface area contributed by atoms with Crippen molar-refractivity contribution in [1.29, 1.82) is 5.26 Å². The van der Waals surface area contributed by atoms with Crippen molar-refractivity contribution in [2.75, 3.05) is 0 Å². The quantitative estimate of drug-likeness (QED) is 0.486. The maximum Gasteiger partial charge on any atom is 0.347 e. The summed E-state index contributed by atoms with van der Waals surface area (Å²) in [7, 11) is -3.33. The Bertz CT molecular complexity index is 1360. The molecule has 3 aromatic carbocycles. The van der Waals surface area contributed by atoms with Crippen LogP contribution in [0.25, 0.3) is 11.1 Å². The number of rotatable bonds is 5. The third-order valence-corrected chi connectivity index (χ3v) is 7.13. The van der Waals surface area contributed by atoms with Crippen LogP contribution in [0.3, 0.4) is 0 Å². The number of para-hydroxylation sites is 1. The van der Waals surface area contributed by atoms with E-state index < -0.39 is 7.52 Å². The third kappa shape index (κ3) is 3.75. The summed E-state index contributed by atoms with van der Waals surface area (Å²) in [6.07, 6.45) is 1.79. The molecule has 0 amide bonds. The van der Waals surface area contributed by atoms with Gasteiger partial charge in [-0.2, -0.15) is 5.26 Å². The fraction of sp³-hybridized carbons (Fsp3) is 0.0870. The van der Waals surface area contributed by atoms with Crippen molar-refractivity contribution in [2.24, 2.45) is 0 Å². The number of nitrogens with zero attached hydrogens (tertiary/aromatic N) is 4. The normalized spacial score (nSPS) is 16.6. The largest absolute Gasteiger partial charge is 0.429 e. The van der Waals surface area contributed by atoms with Crippen molar-refractivity contribution in [3.8, 4) is 22.9 Å². The molecular formula is C23H18N5O2P. The van der Waals surface area contributed by atoms with Crippen molar-refractivity contribution in [3.63, 3.8) is 0 Å². The van der Waals surface area contributed by atoms with Gasteiger partial charge in [0.1, 0.15) is 5.75 Å². The van der Waals surface area contributed by atoms with Crippen LogP contribution >= 0.6 is 7.52 Å². The standard InChI is InChI=1S/C23H18N5O2P/c24-13-17-6-5-7-18(12-17)15-28-16-19(26-27-28)14-25-31(29)23-11-4-2-9-21(23)20-8-1-3-10-22(20)30-31/h1-12,16H,14-15H2,(H,25,29). The first-order chi connectivity index (χ1) is 15.1. The molecule has 0 fully saturated rings. The molecule has 1 unspecified atom stereocenters. The van der Waals surface area contributed by atoms with Gasteiger partial charge in [-0.1, -0.05) is 53.7 Å². The summed E-state index contributed by atoms with van der Waals surface area (Å²) in [5.74, 6) is 0.595. The lowest BCUT2D eigenvalue weighted by Gasteiger charge is -2.28. The van der Waals surface area contributed by atoms with E-state index in [2.05, 4.69) is 21.5 Å². The lowest BCUT2D eigenvalue weighted by Crippen LogP contribution is -2.27. The fourth-order valence-corrected chi connectivity index (χ4v) is 5.57. The van der Waals surface area contributed by atoms with E-state index in [4.69, 9.17) is 9.79 Å². The van der Waals surface area contributed by atoms with E-state index in [-0.39, 0.29) is 6.54 Å². The number of hydrogen-bond acceptors (Lipinski definition) is 5. The number of nitrogens with one attached hydrogen (secondary N) is 1. The first-order valence-electron chi connectivity index (χ1n) is 9.76. The van der Waals surface area contributed by atoms with E-state index in [1.807, 2.05) is 66.7 Å². The van der Waals surface area contributed by atoms with Crippen LogP contribution in [0.2, 0.25) is 0 Å². The van der Waals surface area contributed by atoms with Crippen molar-refractivity contribution >= 4 is 12.8 Å². The van der Waals surface area contributed by atoms with Gasteiger partial charge in [-0.3, -0.25) is 4.57 Å². The Morgan fingerprint density at radius 1 is 1.03 bits per heavy atom. The number of hydrogen-bond donors (Lipinski definition) is 1. The molecule has 5 rings (SSSR count). The van der Waals surface area contributed by atoms with Gasteiger partial charge in [-0.15, -0.1) is 5.10 Å². The van der Waals surface area contributed by atoms with Crippen LogP contribution in [0.1, 0.15) is 16.8 Å². The van der Waals surface area contributed by atoms with Gasteiger partial charge in [0.05, 0.1) is 41.9 Å². The van der Waals surface area contributed by atoms with Gasteiger partial charge in [0, 0.05) is 11.1 Å². The molecule has 0 saturated carbocycles. The summed E-state index contributed by atoms with van der Waals surface area (Å²) in [5, 5.41) is 21.1. The van der Waals surface area contributed by atoms with Crippen LogP contribution < -0.4 is 14.9 Å². The molecule has 1 N–H and O–H groups in total. The second-order valence-electron chi connectivity index (χ2n) is 7.21. The van der Waals surface area contributed by atoms with Crippen LogP contribution in [-0.2, 0) is 17.7 Å². The number of nitriles is 1. The zero-order valence-corrected chi connectivity index (χ0v) is 17.4. The number of aromatic nitrogens is 3. The number of fused-ring (bicyclic) bond motifs is 3. The second-order valence-corrected chi connectivity index (χ2v) is 9.29. The smallest absolute Gasteiger partial charge is 0.347 e. The minimum Gasteiger partial charge on any atom is -0.429 e. The average molecular weight is 427 g/mol. The van der Waals surface area contributed by atoms with Crippen LogP contribution in [0, 0.1) is 11.3 Å². The summed E-state index contributed by atoms with van der Waals surface area (Å²) in [5.41, 5.74) is 4.04. The van der Waals surface area contributed by atoms with Gasteiger partial charge < -0.3 is 4.52 Å². The highest BCUT2D eigenvalue weighted by Gasteiger charge is 2.35.